The molecule has 9 heteroatoms. The first kappa shape index (κ1) is 19.9. The van der Waals surface area contributed by atoms with E-state index in [1.165, 1.54) is 30.0 Å². The minimum atomic E-state index is -1.31. The monoisotopic (exact) mass is 399 g/mol. The van der Waals surface area contributed by atoms with E-state index in [2.05, 4.69) is 10.3 Å². The minimum Gasteiger partial charge on any atom is -0.444 e. The summed E-state index contributed by atoms with van der Waals surface area (Å²) in [5.74, 6) is -0.830. The van der Waals surface area contributed by atoms with E-state index in [9.17, 15) is 13.6 Å². The van der Waals surface area contributed by atoms with Crippen molar-refractivity contribution in [3.05, 3.63) is 29.6 Å². The number of alkyl halides is 1. The molecule has 1 aromatic carbocycles. The summed E-state index contributed by atoms with van der Waals surface area (Å²) in [7, 11) is 0. The third kappa shape index (κ3) is 4.19. The van der Waals surface area contributed by atoms with Crippen molar-refractivity contribution in [3.8, 4) is 0 Å². The van der Waals surface area contributed by atoms with Crippen LogP contribution in [0.2, 0.25) is 0 Å². The molecule has 3 atom stereocenters. The molecule has 0 spiro atoms. The fourth-order valence-corrected chi connectivity index (χ4v) is 4.46. The highest BCUT2D eigenvalue weighted by Crippen LogP contribution is 2.46. The molecule has 1 fully saturated rings. The van der Waals surface area contributed by atoms with Crippen LogP contribution in [0.1, 0.15) is 26.3 Å². The number of amides is 1. The second kappa shape index (κ2) is 7.27. The van der Waals surface area contributed by atoms with Gasteiger partial charge in [-0.15, -0.1) is 0 Å². The molecule has 2 aliphatic rings. The van der Waals surface area contributed by atoms with Gasteiger partial charge < -0.3 is 15.2 Å². The number of thioether (sulfide) groups is 1. The zero-order chi connectivity index (χ0) is 19.8. The molecule has 0 unspecified atom stereocenters. The molecular weight excluding hydrogens is 376 g/mol. The maximum absolute atomic E-state index is 14.6. The van der Waals surface area contributed by atoms with Crippen LogP contribution in [0.4, 0.5) is 19.3 Å². The first-order valence-corrected chi connectivity index (χ1v) is 9.59. The Bertz CT molecular complexity index is 769. The van der Waals surface area contributed by atoms with E-state index in [0.717, 1.165) is 0 Å². The Hall–Kier alpha value is -1.87. The summed E-state index contributed by atoms with van der Waals surface area (Å²) in [5.41, 5.74) is 4.36. The first-order valence-electron chi connectivity index (χ1n) is 8.61. The Labute approximate surface area is 160 Å². The van der Waals surface area contributed by atoms with Crippen LogP contribution >= 0.6 is 11.8 Å². The summed E-state index contributed by atoms with van der Waals surface area (Å²) < 4.78 is 39.9. The van der Waals surface area contributed by atoms with Crippen molar-refractivity contribution >= 4 is 28.7 Å². The fourth-order valence-electron chi connectivity index (χ4n) is 3.26. The third-order valence-corrected chi connectivity index (χ3v) is 5.41. The van der Waals surface area contributed by atoms with Crippen molar-refractivity contribution in [1.29, 1.82) is 0 Å². The Morgan fingerprint density at radius 1 is 1.48 bits per heavy atom. The number of nitrogens with one attached hydrogen (secondary N) is 1. The van der Waals surface area contributed by atoms with Gasteiger partial charge in [0.05, 0.1) is 13.2 Å². The lowest BCUT2D eigenvalue weighted by atomic mass is 9.75. The second-order valence-corrected chi connectivity index (χ2v) is 8.66. The number of anilines is 1. The van der Waals surface area contributed by atoms with E-state index >= 15 is 0 Å². The summed E-state index contributed by atoms with van der Waals surface area (Å²) in [6.07, 6.45) is -1.98. The van der Waals surface area contributed by atoms with Crippen LogP contribution in [0, 0.1) is 11.7 Å². The van der Waals surface area contributed by atoms with Crippen LogP contribution in [0.25, 0.3) is 0 Å². The Morgan fingerprint density at radius 3 is 2.93 bits per heavy atom. The predicted octanol–water partition coefficient (Wildman–Crippen LogP) is 3.22. The molecule has 2 aliphatic heterocycles. The number of amidine groups is 1. The van der Waals surface area contributed by atoms with Crippen LogP contribution < -0.4 is 11.1 Å². The van der Waals surface area contributed by atoms with Crippen molar-refractivity contribution in [2.24, 2.45) is 10.9 Å². The van der Waals surface area contributed by atoms with Crippen LogP contribution in [-0.4, -0.2) is 42.0 Å². The number of alkyl carbamates (subject to hydrolysis) is 1. The maximum atomic E-state index is 14.6. The molecule has 3 N–H and O–H groups in total. The average Bonchev–Trinajstić information content (AvgIpc) is 2.55. The lowest BCUT2D eigenvalue weighted by Gasteiger charge is -2.45. The topological polar surface area (TPSA) is 85.9 Å². The molecule has 0 saturated carbocycles. The van der Waals surface area contributed by atoms with Crippen molar-refractivity contribution in [2.75, 3.05) is 24.7 Å². The van der Waals surface area contributed by atoms with Gasteiger partial charge in [-0.05, 0) is 39.0 Å². The van der Waals surface area contributed by atoms with E-state index in [1.54, 1.807) is 20.8 Å². The molecule has 148 valence electrons. The third-order valence-electron chi connectivity index (χ3n) is 4.41. The Kier molecular flexibility index (Phi) is 5.36. The number of carbonyl (C=O) groups excluding carboxylic acids is 1. The van der Waals surface area contributed by atoms with Gasteiger partial charge in [-0.1, -0.05) is 11.8 Å². The van der Waals surface area contributed by atoms with Crippen molar-refractivity contribution in [1.82, 2.24) is 5.32 Å². The van der Waals surface area contributed by atoms with Crippen molar-refractivity contribution in [2.45, 2.75) is 38.1 Å². The molecule has 1 aromatic rings. The summed E-state index contributed by atoms with van der Waals surface area (Å²) in [5, 5.41) is 2.81. The molecule has 0 radical (unpaired) electrons. The number of nitrogen functional groups attached to an aromatic ring is 1. The first-order chi connectivity index (χ1) is 12.6. The standard InChI is InChI=1S/C18H23F2N3O3S/c1-17(2,3)26-16(24)22-15-23-18(11-6-10(21)4-5-13(11)19)9-25-7-14(20)12(18)8-27-15/h4-6,12,14H,7-9,21H2,1-3H3,(H,22,23,24)/t12-,14-,18-/m1/s1. The molecule has 27 heavy (non-hydrogen) atoms. The Balaban J connectivity index is 1.99. The fraction of sp³-hybridized carbons (Fsp3) is 0.556. The molecule has 1 amide bonds. The maximum Gasteiger partial charge on any atom is 0.413 e. The summed E-state index contributed by atoms with van der Waals surface area (Å²) in [4.78, 5) is 16.6. The average molecular weight is 399 g/mol. The van der Waals surface area contributed by atoms with E-state index in [-0.39, 0.29) is 23.9 Å². The zero-order valence-electron chi connectivity index (χ0n) is 15.4. The number of hydrogen-bond acceptors (Lipinski definition) is 6. The number of rotatable bonds is 1. The van der Waals surface area contributed by atoms with Gasteiger partial charge in [-0.25, -0.2) is 18.6 Å². The minimum absolute atomic E-state index is 0.00147. The van der Waals surface area contributed by atoms with Gasteiger partial charge in [-0.2, -0.15) is 0 Å². The van der Waals surface area contributed by atoms with E-state index < -0.39 is 35.1 Å². The van der Waals surface area contributed by atoms with Gasteiger partial charge in [0, 0.05) is 22.9 Å². The van der Waals surface area contributed by atoms with Gasteiger partial charge in [0.1, 0.15) is 23.1 Å². The summed E-state index contributed by atoms with van der Waals surface area (Å²) in [6.45, 7) is 5.15. The number of nitrogens with two attached hydrogens (primary N) is 1. The van der Waals surface area contributed by atoms with Crippen LogP contribution in [-0.2, 0) is 15.0 Å². The number of fused-ring (bicyclic) bond motifs is 1. The van der Waals surface area contributed by atoms with Gasteiger partial charge in [0.15, 0.2) is 5.17 Å². The largest absolute Gasteiger partial charge is 0.444 e. The highest BCUT2D eigenvalue weighted by molar-refractivity contribution is 8.13. The number of benzene rings is 1. The van der Waals surface area contributed by atoms with E-state index in [1.807, 2.05) is 0 Å². The molecule has 0 bridgehead atoms. The Morgan fingerprint density at radius 2 is 2.22 bits per heavy atom. The van der Waals surface area contributed by atoms with Crippen LogP contribution in [0.15, 0.2) is 23.2 Å². The van der Waals surface area contributed by atoms with Gasteiger partial charge in [-0.3, -0.25) is 5.32 Å². The zero-order valence-corrected chi connectivity index (χ0v) is 16.2. The molecule has 6 nitrogen and oxygen atoms in total. The number of aliphatic imine (C=N–C) groups is 1. The van der Waals surface area contributed by atoms with Gasteiger partial charge in [0.2, 0.25) is 0 Å². The number of nitrogens with zero attached hydrogens (tertiary/aromatic N) is 1. The summed E-state index contributed by atoms with van der Waals surface area (Å²) >= 11 is 1.20. The SMILES string of the molecule is CC(C)(C)OC(=O)NC1=N[C@@]2(c3cc(N)ccc3F)COC[C@@H](F)[C@H]2CS1. The van der Waals surface area contributed by atoms with Crippen LogP contribution in [0.3, 0.4) is 0 Å². The highest BCUT2D eigenvalue weighted by atomic mass is 32.2. The quantitative estimate of drug-likeness (QED) is 0.708. The van der Waals surface area contributed by atoms with Crippen molar-refractivity contribution in [3.63, 3.8) is 0 Å². The molecule has 0 aliphatic carbocycles. The van der Waals surface area contributed by atoms with Gasteiger partial charge >= 0.3 is 6.09 Å². The molecule has 1 saturated heterocycles. The molecule has 0 aromatic heterocycles. The number of hydrogen-bond donors (Lipinski definition) is 2. The predicted molar refractivity (Wildman–Crippen MR) is 101 cm³/mol. The smallest absolute Gasteiger partial charge is 0.413 e. The lowest BCUT2D eigenvalue weighted by Crippen LogP contribution is -2.54. The number of ether oxygens (including phenoxy) is 2. The van der Waals surface area contributed by atoms with Crippen molar-refractivity contribution < 1.29 is 23.0 Å². The normalized spacial score (nSPS) is 28.1. The van der Waals surface area contributed by atoms with E-state index in [4.69, 9.17) is 15.2 Å². The summed E-state index contributed by atoms with van der Waals surface area (Å²) in [6, 6.07) is 4.12. The van der Waals surface area contributed by atoms with Crippen LogP contribution in [0.5, 0.6) is 0 Å². The van der Waals surface area contributed by atoms with Gasteiger partial charge in [0.25, 0.3) is 0 Å². The number of halogens is 2. The molecule has 3 rings (SSSR count). The molecular formula is C18H23F2N3O3S. The highest BCUT2D eigenvalue weighted by Gasteiger charge is 2.52. The molecule has 2 heterocycles. The lowest BCUT2D eigenvalue weighted by molar-refractivity contribution is -0.0527. The number of carbonyl (C=O) groups is 1. The second-order valence-electron chi connectivity index (χ2n) is 7.66. The van der Waals surface area contributed by atoms with E-state index in [0.29, 0.717) is 11.4 Å².